The average molecular weight is 408 g/mol. The summed E-state index contributed by atoms with van der Waals surface area (Å²) in [6.45, 7) is 3.17. The summed E-state index contributed by atoms with van der Waals surface area (Å²) in [5, 5.41) is 16.1. The van der Waals surface area contributed by atoms with E-state index in [1.54, 1.807) is 25.3 Å². The van der Waals surface area contributed by atoms with Gasteiger partial charge < -0.3 is 9.88 Å². The van der Waals surface area contributed by atoms with Gasteiger partial charge in [-0.15, -0.1) is 0 Å². The van der Waals surface area contributed by atoms with Crippen molar-refractivity contribution in [2.45, 2.75) is 51.0 Å². The second kappa shape index (κ2) is 7.23. The molecular formula is C21H24N6O3. The molecule has 0 amide bonds. The van der Waals surface area contributed by atoms with Gasteiger partial charge in [0.15, 0.2) is 5.65 Å². The molecule has 2 aromatic heterocycles. The first kappa shape index (κ1) is 18.8. The van der Waals surface area contributed by atoms with E-state index < -0.39 is 0 Å². The molecule has 0 atom stereocenters. The Balaban J connectivity index is 1.38. The molecule has 0 radical (unpaired) electrons. The monoisotopic (exact) mass is 408 g/mol. The van der Waals surface area contributed by atoms with Crippen LogP contribution < -0.4 is 10.5 Å². The Bertz CT molecular complexity index is 1170. The molecule has 3 heterocycles. The Labute approximate surface area is 172 Å². The van der Waals surface area contributed by atoms with Crippen LogP contribution in [0.4, 0.5) is 11.4 Å². The van der Waals surface area contributed by atoms with Gasteiger partial charge in [-0.25, -0.2) is 9.67 Å². The van der Waals surface area contributed by atoms with Crippen LogP contribution in [0.15, 0.2) is 29.2 Å². The number of hydrogen-bond acceptors (Lipinski definition) is 6. The topological polar surface area (TPSA) is 110 Å². The molecule has 0 unspecified atom stereocenters. The maximum absolute atomic E-state index is 12.6. The molecule has 2 aliphatic rings. The smallest absolute Gasteiger partial charge is 0.272 e. The average Bonchev–Trinajstić information content (AvgIpc) is 3.12. The highest BCUT2D eigenvalue weighted by molar-refractivity contribution is 5.73. The summed E-state index contributed by atoms with van der Waals surface area (Å²) < 4.78 is 1.95. The van der Waals surface area contributed by atoms with Crippen molar-refractivity contribution in [2.75, 3.05) is 18.0 Å². The fraction of sp³-hybridized carbons (Fsp3) is 0.476. The first-order valence-corrected chi connectivity index (χ1v) is 10.5. The van der Waals surface area contributed by atoms with Crippen LogP contribution in [0.1, 0.15) is 55.5 Å². The predicted octanol–water partition coefficient (Wildman–Crippen LogP) is 3.45. The van der Waals surface area contributed by atoms with Crippen LogP contribution in [0, 0.1) is 17.0 Å². The largest absolute Gasteiger partial charge is 0.370 e. The number of rotatable bonds is 4. The number of fused-ring (bicyclic) bond motifs is 1. The number of H-pyrrole nitrogens is 1. The van der Waals surface area contributed by atoms with Crippen LogP contribution in [0.3, 0.4) is 0 Å². The lowest BCUT2D eigenvalue weighted by Crippen LogP contribution is -2.46. The maximum atomic E-state index is 12.6. The zero-order chi connectivity index (χ0) is 20.8. The highest BCUT2D eigenvalue weighted by Gasteiger charge is 2.32. The number of nitrogens with zero attached hydrogens (tertiary/aromatic N) is 5. The van der Waals surface area contributed by atoms with Gasteiger partial charge in [-0.3, -0.25) is 14.9 Å². The molecule has 1 aromatic carbocycles. The number of aromatic amines is 1. The first-order valence-electron chi connectivity index (χ1n) is 10.5. The number of nitro groups is 1. The minimum Gasteiger partial charge on any atom is -0.370 e. The molecular weight excluding hydrogens is 384 g/mol. The van der Waals surface area contributed by atoms with Gasteiger partial charge in [0.1, 0.15) is 11.2 Å². The zero-order valence-electron chi connectivity index (χ0n) is 16.9. The molecule has 1 aliphatic heterocycles. The van der Waals surface area contributed by atoms with E-state index in [-0.39, 0.29) is 22.1 Å². The molecule has 1 aliphatic carbocycles. The Morgan fingerprint density at radius 1 is 1.20 bits per heavy atom. The summed E-state index contributed by atoms with van der Waals surface area (Å²) >= 11 is 0. The van der Waals surface area contributed by atoms with E-state index in [2.05, 4.69) is 15.0 Å². The summed E-state index contributed by atoms with van der Waals surface area (Å²) in [5.74, 6) is 0.812. The Kier molecular flexibility index (Phi) is 4.52. The summed E-state index contributed by atoms with van der Waals surface area (Å²) in [7, 11) is 0. The van der Waals surface area contributed by atoms with E-state index in [9.17, 15) is 14.9 Å². The second-order valence-electron chi connectivity index (χ2n) is 8.40. The van der Waals surface area contributed by atoms with Gasteiger partial charge in [-0.05, 0) is 31.9 Å². The Hall–Kier alpha value is -3.23. The van der Waals surface area contributed by atoms with Crippen molar-refractivity contribution >= 4 is 22.4 Å². The molecule has 0 bridgehead atoms. The molecule has 3 aromatic rings. The van der Waals surface area contributed by atoms with E-state index in [4.69, 9.17) is 4.98 Å². The number of hydrogen-bond donors (Lipinski definition) is 1. The minimum absolute atomic E-state index is 0.118. The molecule has 0 spiro atoms. The number of nitrogens with one attached hydrogen (secondary N) is 1. The van der Waals surface area contributed by atoms with Crippen LogP contribution in [0.25, 0.3) is 11.0 Å². The van der Waals surface area contributed by atoms with Gasteiger partial charge in [0, 0.05) is 30.4 Å². The van der Waals surface area contributed by atoms with Gasteiger partial charge in [-0.1, -0.05) is 19.3 Å². The van der Waals surface area contributed by atoms with Crippen LogP contribution in [0.5, 0.6) is 0 Å². The maximum Gasteiger partial charge on any atom is 0.272 e. The molecule has 1 saturated heterocycles. The van der Waals surface area contributed by atoms with Crippen molar-refractivity contribution < 1.29 is 4.92 Å². The molecule has 9 heteroatoms. The molecule has 5 rings (SSSR count). The van der Waals surface area contributed by atoms with Gasteiger partial charge in [-0.2, -0.15) is 5.10 Å². The van der Waals surface area contributed by atoms with Gasteiger partial charge in [0.25, 0.3) is 11.2 Å². The highest BCUT2D eigenvalue weighted by atomic mass is 16.6. The summed E-state index contributed by atoms with van der Waals surface area (Å²) in [4.78, 5) is 33.2. The van der Waals surface area contributed by atoms with Crippen LogP contribution in [-0.4, -0.2) is 37.8 Å². The lowest BCUT2D eigenvalue weighted by molar-refractivity contribution is -0.385. The molecule has 2 fully saturated rings. The van der Waals surface area contributed by atoms with E-state index >= 15 is 0 Å². The zero-order valence-corrected chi connectivity index (χ0v) is 16.9. The predicted molar refractivity (Wildman–Crippen MR) is 113 cm³/mol. The van der Waals surface area contributed by atoms with Gasteiger partial charge in [0.05, 0.1) is 23.1 Å². The molecule has 1 N–H and O–H groups in total. The van der Waals surface area contributed by atoms with Crippen LogP contribution in [-0.2, 0) is 0 Å². The molecule has 30 heavy (non-hydrogen) atoms. The molecule has 156 valence electrons. The first-order chi connectivity index (χ1) is 14.5. The minimum atomic E-state index is -0.364. The van der Waals surface area contributed by atoms with Gasteiger partial charge >= 0.3 is 0 Å². The van der Waals surface area contributed by atoms with Crippen LogP contribution >= 0.6 is 0 Å². The van der Waals surface area contributed by atoms with Crippen molar-refractivity contribution in [3.63, 3.8) is 0 Å². The SMILES string of the molecule is Cc1cc(N2CC(c3nc4c(cnn4C4CCCCC4)c(=O)[nH]3)C2)ccc1[N+](=O)[O-]. The number of aryl methyl sites for hydroxylation is 1. The fourth-order valence-corrected chi connectivity index (χ4v) is 4.64. The van der Waals surface area contributed by atoms with E-state index in [1.807, 2.05) is 10.7 Å². The quantitative estimate of drug-likeness (QED) is 0.523. The third-order valence-corrected chi connectivity index (χ3v) is 6.41. The highest BCUT2D eigenvalue weighted by Crippen LogP contribution is 2.33. The van der Waals surface area contributed by atoms with Crippen molar-refractivity contribution in [2.24, 2.45) is 0 Å². The lowest BCUT2D eigenvalue weighted by atomic mass is 9.95. The lowest BCUT2D eigenvalue weighted by Gasteiger charge is -2.40. The van der Waals surface area contributed by atoms with Gasteiger partial charge in [0.2, 0.25) is 0 Å². The number of aromatic nitrogens is 4. The summed E-state index contributed by atoms with van der Waals surface area (Å²) in [6.07, 6.45) is 7.43. The van der Waals surface area contributed by atoms with Crippen molar-refractivity contribution in [3.05, 3.63) is 56.3 Å². The van der Waals surface area contributed by atoms with Crippen molar-refractivity contribution in [3.8, 4) is 0 Å². The third kappa shape index (κ3) is 3.14. The Morgan fingerprint density at radius 3 is 2.67 bits per heavy atom. The summed E-state index contributed by atoms with van der Waals surface area (Å²) in [5.41, 5.74) is 2.27. The normalized spacial score (nSPS) is 18.0. The standard InChI is InChI=1S/C21H24N6O3/c1-13-9-16(7-8-18(13)27(29)30)25-11-14(12-25)19-23-20-17(21(28)24-19)10-22-26(20)15-5-3-2-4-6-15/h7-10,14-15H,2-6,11-12H2,1H3,(H,23,24,28). The van der Waals surface area contributed by atoms with E-state index in [0.29, 0.717) is 41.6 Å². The third-order valence-electron chi connectivity index (χ3n) is 6.41. The number of benzene rings is 1. The van der Waals surface area contributed by atoms with Crippen molar-refractivity contribution in [1.29, 1.82) is 0 Å². The Morgan fingerprint density at radius 2 is 1.97 bits per heavy atom. The van der Waals surface area contributed by atoms with Crippen LogP contribution in [0.2, 0.25) is 0 Å². The number of nitro benzene ring substituents is 1. The van der Waals surface area contributed by atoms with E-state index in [1.165, 1.54) is 19.3 Å². The second-order valence-corrected chi connectivity index (χ2v) is 8.40. The molecule has 9 nitrogen and oxygen atoms in total. The fourth-order valence-electron chi connectivity index (χ4n) is 4.64. The molecule has 1 saturated carbocycles. The summed E-state index contributed by atoms with van der Waals surface area (Å²) in [6, 6.07) is 5.48. The number of anilines is 1. The van der Waals surface area contributed by atoms with Crippen molar-refractivity contribution in [1.82, 2.24) is 19.7 Å². The van der Waals surface area contributed by atoms with E-state index in [0.717, 1.165) is 18.5 Å².